The van der Waals surface area contributed by atoms with Crippen LogP contribution >= 0.6 is 0 Å². The second-order valence-electron chi connectivity index (χ2n) is 12.5. The van der Waals surface area contributed by atoms with Crippen LogP contribution in [-0.4, -0.2) is 94.5 Å². The number of aliphatic hydroxyl groups excluding tert-OH is 1. The molecule has 0 fully saturated rings. The summed E-state index contributed by atoms with van der Waals surface area (Å²) >= 11 is 0. The second kappa shape index (κ2) is 28.9. The van der Waals surface area contributed by atoms with Gasteiger partial charge in [-0.05, 0) is 93.1 Å². The summed E-state index contributed by atoms with van der Waals surface area (Å²) in [5.41, 5.74) is 5.19. The van der Waals surface area contributed by atoms with Crippen molar-refractivity contribution in [2.75, 3.05) is 53.0 Å². The number of rotatable bonds is 18. The number of carbonyl (C=O) groups excluding carboxylic acids is 1. The number of sulfone groups is 1. The van der Waals surface area contributed by atoms with Gasteiger partial charge < -0.3 is 29.9 Å². The monoisotopic (exact) mass is 744 g/mol. The summed E-state index contributed by atoms with van der Waals surface area (Å²) in [6, 6.07) is 22.1. The number of ether oxygens (including phenoxy) is 2. The van der Waals surface area contributed by atoms with Gasteiger partial charge >= 0.3 is 5.97 Å². The zero-order valence-electron chi connectivity index (χ0n) is 32.7. The van der Waals surface area contributed by atoms with E-state index >= 15 is 0 Å². The number of hydrogen-bond acceptors (Lipinski definition) is 8. The zero-order chi connectivity index (χ0) is 39.4. The number of carboxylic acid groups (broad SMARTS) is 1. The van der Waals surface area contributed by atoms with Crippen LogP contribution in [0.25, 0.3) is 11.1 Å². The van der Waals surface area contributed by atoms with E-state index in [1.54, 1.807) is 27.2 Å². The van der Waals surface area contributed by atoms with Crippen LogP contribution in [0.5, 0.6) is 0 Å². The Bertz CT molecular complexity index is 1500. The summed E-state index contributed by atoms with van der Waals surface area (Å²) in [4.78, 5) is 27.1. The minimum atomic E-state index is -3.36. The first kappa shape index (κ1) is 48.4. The van der Waals surface area contributed by atoms with E-state index in [1.807, 2.05) is 73.7 Å². The van der Waals surface area contributed by atoms with Crippen molar-refractivity contribution in [2.45, 2.75) is 85.4 Å². The summed E-state index contributed by atoms with van der Waals surface area (Å²) in [6.07, 6.45) is 6.67. The number of aryl methyl sites for hydroxylation is 1. The number of hydrogen-bond donors (Lipinski definition) is 3. The highest BCUT2D eigenvalue weighted by atomic mass is 32.2. The number of methoxy groups -OCH3 is 2. The average Bonchev–Trinajstić information content (AvgIpc) is 3.11. The number of nitrogens with one attached hydrogen (secondary N) is 1. The Morgan fingerprint density at radius 2 is 1.46 bits per heavy atom. The summed E-state index contributed by atoms with van der Waals surface area (Å²) in [5, 5.41) is 19.6. The van der Waals surface area contributed by atoms with E-state index < -0.39 is 27.8 Å². The quantitative estimate of drug-likeness (QED) is 0.116. The maximum Gasteiger partial charge on any atom is 0.326 e. The maximum atomic E-state index is 13.2. The fourth-order valence-corrected chi connectivity index (χ4v) is 5.41. The minimum absolute atomic E-state index is 0.202. The predicted octanol–water partition coefficient (Wildman–Crippen LogP) is 7.17. The van der Waals surface area contributed by atoms with E-state index in [2.05, 4.69) is 31.1 Å². The molecule has 52 heavy (non-hydrogen) atoms. The van der Waals surface area contributed by atoms with Crippen LogP contribution in [0.15, 0.2) is 72.8 Å². The van der Waals surface area contributed by atoms with Crippen LogP contribution in [0, 0.1) is 6.92 Å². The molecular weight excluding hydrogens is 681 g/mol. The van der Waals surface area contributed by atoms with Crippen molar-refractivity contribution in [3.63, 3.8) is 0 Å². The number of unbranched alkanes of at least 4 members (excludes halogenated alkanes) is 3. The first-order valence-electron chi connectivity index (χ1n) is 18.0. The van der Waals surface area contributed by atoms with Crippen molar-refractivity contribution in [2.24, 2.45) is 0 Å². The normalized spacial score (nSPS) is 11.2. The maximum absolute atomic E-state index is 13.2. The lowest BCUT2D eigenvalue weighted by Crippen LogP contribution is -2.42. The third kappa shape index (κ3) is 22.4. The highest BCUT2D eigenvalue weighted by Gasteiger charge is 2.24. The average molecular weight is 745 g/mol. The zero-order valence-corrected chi connectivity index (χ0v) is 33.5. The lowest BCUT2D eigenvalue weighted by Gasteiger charge is -2.20. The Kier molecular flexibility index (Phi) is 26.9. The van der Waals surface area contributed by atoms with E-state index in [0.29, 0.717) is 24.3 Å². The summed E-state index contributed by atoms with van der Waals surface area (Å²) < 4.78 is 33.1. The van der Waals surface area contributed by atoms with Gasteiger partial charge in [-0.1, -0.05) is 87.4 Å². The molecule has 0 aliphatic heterocycles. The van der Waals surface area contributed by atoms with Gasteiger partial charge in [-0.2, -0.15) is 0 Å². The van der Waals surface area contributed by atoms with E-state index in [1.165, 1.54) is 18.4 Å². The van der Waals surface area contributed by atoms with Crippen molar-refractivity contribution >= 4 is 21.7 Å². The third-order valence-corrected chi connectivity index (χ3v) is 8.62. The Balaban J connectivity index is 0.00000134. The van der Waals surface area contributed by atoms with Gasteiger partial charge in [-0.3, -0.25) is 4.79 Å². The number of benzene rings is 3. The summed E-state index contributed by atoms with van der Waals surface area (Å²) in [6.45, 7) is 11.4. The number of carbonyl (C=O) groups is 2. The van der Waals surface area contributed by atoms with Gasteiger partial charge in [0.15, 0.2) is 0 Å². The van der Waals surface area contributed by atoms with Gasteiger partial charge in [-0.25, -0.2) is 13.2 Å². The van der Waals surface area contributed by atoms with Gasteiger partial charge in [0, 0.05) is 45.8 Å². The molecule has 0 aliphatic rings. The lowest BCUT2D eigenvalue weighted by molar-refractivity contribution is -0.139. The van der Waals surface area contributed by atoms with Crippen LogP contribution in [-0.2, 0) is 37.3 Å². The lowest BCUT2D eigenvalue weighted by atomic mass is 9.93. The topological polar surface area (TPSA) is 142 Å². The molecule has 0 bridgehead atoms. The number of carboxylic acids is 1. The van der Waals surface area contributed by atoms with Crippen molar-refractivity contribution in [3.05, 3.63) is 95.1 Å². The molecule has 3 aromatic carbocycles. The molecule has 10 nitrogen and oxygen atoms in total. The van der Waals surface area contributed by atoms with Gasteiger partial charge in [0.2, 0.25) is 0 Å². The van der Waals surface area contributed by atoms with Crippen LogP contribution in [0.4, 0.5) is 0 Å². The number of amides is 1. The van der Waals surface area contributed by atoms with E-state index in [0.717, 1.165) is 55.4 Å². The molecule has 11 heteroatoms. The molecule has 0 saturated heterocycles. The second-order valence-corrected chi connectivity index (χ2v) is 14.8. The SMILES string of the molecule is CCCC.CCO.COCCCCCN(C)Cc1ccc(C(=O)NC(CCS(C)(=O)=O)C(=O)O)c(-c2ccccc2C)c1.COCc1ccccc1. The molecule has 0 aromatic heterocycles. The smallest absolute Gasteiger partial charge is 0.326 e. The first-order valence-corrected chi connectivity index (χ1v) is 20.1. The fraction of sp³-hybridized carbons (Fsp3) is 0.512. The Labute approximate surface area is 313 Å². The Hall–Kier alpha value is -3.61. The van der Waals surface area contributed by atoms with Crippen LogP contribution < -0.4 is 5.32 Å². The standard InChI is InChI=1S/C27H38N2O6S.C8H10O.C4H10.C2H6O/c1-20-10-6-7-11-22(20)24-18-21(19-29(2)15-8-5-9-16-35-3)12-13-23(24)26(30)28-25(27(31)32)14-17-36(4,33)34;1-9-7-8-5-3-2-4-6-8;1-3-4-2;1-2-3/h6-7,10-13,18,25H,5,8-9,14-17,19H2,1-4H3,(H,28,30)(H,31,32);2-6H,7H2,1H3;3-4H2,1-2H3;3H,2H2,1H3. The van der Waals surface area contributed by atoms with Crippen molar-refractivity contribution in [1.29, 1.82) is 0 Å². The number of nitrogens with zero attached hydrogens (tertiary/aromatic N) is 1. The van der Waals surface area contributed by atoms with Crippen molar-refractivity contribution < 1.29 is 37.7 Å². The molecule has 0 heterocycles. The molecule has 3 N–H and O–H groups in total. The van der Waals surface area contributed by atoms with E-state index in [4.69, 9.17) is 14.6 Å². The van der Waals surface area contributed by atoms with Gasteiger partial charge in [0.1, 0.15) is 15.9 Å². The largest absolute Gasteiger partial charge is 0.480 e. The molecule has 0 radical (unpaired) electrons. The van der Waals surface area contributed by atoms with Crippen LogP contribution in [0.3, 0.4) is 0 Å². The minimum Gasteiger partial charge on any atom is -0.480 e. The first-order chi connectivity index (χ1) is 24.8. The van der Waals surface area contributed by atoms with Crippen LogP contribution in [0.1, 0.15) is 86.3 Å². The van der Waals surface area contributed by atoms with E-state index in [-0.39, 0.29) is 18.8 Å². The molecule has 0 spiro atoms. The van der Waals surface area contributed by atoms with Crippen molar-refractivity contribution in [1.82, 2.24) is 10.2 Å². The summed E-state index contributed by atoms with van der Waals surface area (Å²) in [5.74, 6) is -2.15. The molecule has 1 unspecified atom stereocenters. The molecule has 0 aliphatic carbocycles. The highest BCUT2D eigenvalue weighted by molar-refractivity contribution is 7.90. The molecule has 3 aromatic rings. The number of aliphatic hydroxyl groups is 1. The highest BCUT2D eigenvalue weighted by Crippen LogP contribution is 2.29. The molecule has 1 amide bonds. The third-order valence-electron chi connectivity index (χ3n) is 7.64. The molecule has 3 rings (SSSR count). The number of aliphatic carboxylic acids is 1. The van der Waals surface area contributed by atoms with Crippen LogP contribution in [0.2, 0.25) is 0 Å². The van der Waals surface area contributed by atoms with Crippen molar-refractivity contribution in [3.8, 4) is 11.1 Å². The fourth-order valence-electron chi connectivity index (χ4n) is 4.75. The van der Waals surface area contributed by atoms with Gasteiger partial charge in [0.25, 0.3) is 5.91 Å². The summed E-state index contributed by atoms with van der Waals surface area (Å²) in [7, 11) is 2.10. The van der Waals surface area contributed by atoms with Gasteiger partial charge in [0.05, 0.1) is 12.4 Å². The van der Waals surface area contributed by atoms with Gasteiger partial charge in [-0.15, -0.1) is 0 Å². The molecule has 0 saturated carbocycles. The molecular formula is C41H64N2O8S. The Morgan fingerprint density at radius 1 is 0.846 bits per heavy atom. The predicted molar refractivity (Wildman–Crippen MR) is 212 cm³/mol. The molecule has 1 atom stereocenters. The Morgan fingerprint density at radius 3 is 2.00 bits per heavy atom. The molecule has 292 valence electrons. The van der Waals surface area contributed by atoms with E-state index in [9.17, 15) is 23.1 Å².